The van der Waals surface area contributed by atoms with E-state index in [1.807, 2.05) is 31.1 Å². The summed E-state index contributed by atoms with van der Waals surface area (Å²) in [6.07, 6.45) is 2.11. The molecule has 4 nitrogen and oxygen atoms in total. The highest BCUT2D eigenvalue weighted by Gasteiger charge is 2.67. The van der Waals surface area contributed by atoms with Crippen molar-refractivity contribution in [2.45, 2.75) is 23.7 Å². The average molecular weight is 305 g/mol. The molecule has 2 atom stereocenters. The summed E-state index contributed by atoms with van der Waals surface area (Å²) in [5.41, 5.74) is -0.684. The first-order chi connectivity index (χ1) is 8.78. The van der Waals surface area contributed by atoms with Crippen LogP contribution in [0.4, 0.5) is 0 Å². The molecule has 2 rings (SSSR count). The number of hydrogen-bond donors (Lipinski definition) is 1. The Balaban J connectivity index is 1.96. The van der Waals surface area contributed by atoms with Gasteiger partial charge >= 0.3 is 0 Å². The van der Waals surface area contributed by atoms with Gasteiger partial charge in [-0.25, -0.2) is 0 Å². The van der Waals surface area contributed by atoms with Crippen molar-refractivity contribution < 1.29 is 9.21 Å². The lowest BCUT2D eigenvalue weighted by Gasteiger charge is -2.23. The molecule has 1 aliphatic carbocycles. The Hall–Kier alpha value is -0.710. The van der Waals surface area contributed by atoms with Gasteiger partial charge in [0.2, 0.25) is 5.91 Å². The van der Waals surface area contributed by atoms with Crippen molar-refractivity contribution in [2.24, 2.45) is 5.41 Å². The van der Waals surface area contributed by atoms with E-state index in [-0.39, 0.29) is 11.9 Å². The molecular weight excluding hydrogens is 287 g/mol. The fourth-order valence-electron chi connectivity index (χ4n) is 2.05. The van der Waals surface area contributed by atoms with E-state index in [0.29, 0.717) is 13.0 Å². The molecule has 1 aromatic rings. The molecule has 1 aliphatic rings. The maximum absolute atomic E-state index is 12.1. The molecule has 0 bridgehead atoms. The van der Waals surface area contributed by atoms with E-state index in [4.69, 9.17) is 27.6 Å². The molecule has 1 fully saturated rings. The zero-order valence-corrected chi connectivity index (χ0v) is 12.8. The van der Waals surface area contributed by atoms with E-state index in [2.05, 4.69) is 5.32 Å². The Kier molecular flexibility index (Phi) is 3.87. The van der Waals surface area contributed by atoms with E-state index < -0.39 is 9.75 Å². The quantitative estimate of drug-likeness (QED) is 0.851. The molecule has 0 radical (unpaired) electrons. The minimum atomic E-state index is -0.935. The van der Waals surface area contributed by atoms with Crippen LogP contribution in [0.2, 0.25) is 0 Å². The molecule has 0 spiro atoms. The predicted molar refractivity (Wildman–Crippen MR) is 75.3 cm³/mol. The molecule has 1 aromatic heterocycles. The van der Waals surface area contributed by atoms with Crippen LogP contribution in [0.25, 0.3) is 0 Å². The van der Waals surface area contributed by atoms with Gasteiger partial charge in [-0.2, -0.15) is 0 Å². The minimum absolute atomic E-state index is 0.0126. The van der Waals surface area contributed by atoms with Crippen LogP contribution in [0.1, 0.15) is 25.1 Å². The molecule has 2 unspecified atom stereocenters. The van der Waals surface area contributed by atoms with Crippen LogP contribution in [0, 0.1) is 5.41 Å². The first-order valence-corrected chi connectivity index (χ1v) is 6.89. The first-order valence-electron chi connectivity index (χ1n) is 6.14. The molecule has 19 heavy (non-hydrogen) atoms. The fourth-order valence-corrected chi connectivity index (χ4v) is 2.76. The van der Waals surface area contributed by atoms with Crippen molar-refractivity contribution in [3.63, 3.8) is 0 Å². The molecular formula is C13H18Cl2N2O2. The second-order valence-corrected chi connectivity index (χ2v) is 6.90. The van der Waals surface area contributed by atoms with Crippen LogP contribution >= 0.6 is 23.2 Å². The van der Waals surface area contributed by atoms with Gasteiger partial charge in [-0.15, -0.1) is 23.2 Å². The lowest BCUT2D eigenvalue weighted by Crippen LogP contribution is -2.39. The van der Waals surface area contributed by atoms with Crippen LogP contribution in [-0.2, 0) is 4.79 Å². The van der Waals surface area contributed by atoms with E-state index in [9.17, 15) is 4.79 Å². The lowest BCUT2D eigenvalue weighted by atomic mass is 10.1. The molecule has 106 valence electrons. The number of carbonyl (C=O) groups is 1. The summed E-state index contributed by atoms with van der Waals surface area (Å²) < 4.78 is 4.45. The summed E-state index contributed by atoms with van der Waals surface area (Å²) in [7, 11) is 3.87. The summed E-state index contributed by atoms with van der Waals surface area (Å²) in [5.74, 6) is 0.699. The normalized spacial score (nSPS) is 26.2. The molecule has 1 saturated carbocycles. The molecule has 6 heteroatoms. The number of alkyl halides is 2. The lowest BCUT2D eigenvalue weighted by molar-refractivity contribution is -0.126. The number of rotatable bonds is 5. The number of likely N-dealkylation sites (N-methyl/N-ethyl adjacent to an activating group) is 1. The Morgan fingerprint density at radius 3 is 2.63 bits per heavy atom. The smallest absolute Gasteiger partial charge is 0.229 e. The molecule has 1 amide bonds. The van der Waals surface area contributed by atoms with Gasteiger partial charge in [-0.05, 0) is 39.6 Å². The maximum atomic E-state index is 12.1. The summed E-state index contributed by atoms with van der Waals surface area (Å²) in [5, 5.41) is 2.90. The second-order valence-electron chi connectivity index (χ2n) is 5.42. The number of amides is 1. The highest BCUT2D eigenvalue weighted by atomic mass is 35.5. The van der Waals surface area contributed by atoms with Gasteiger partial charge in [0.1, 0.15) is 10.1 Å². The number of halogens is 2. The van der Waals surface area contributed by atoms with Crippen molar-refractivity contribution in [3.8, 4) is 0 Å². The Bertz CT molecular complexity index is 459. The topological polar surface area (TPSA) is 45.5 Å². The molecule has 1 N–H and O–H groups in total. The van der Waals surface area contributed by atoms with Crippen LogP contribution in [0.5, 0.6) is 0 Å². The van der Waals surface area contributed by atoms with Crippen LogP contribution in [-0.4, -0.2) is 35.8 Å². The maximum Gasteiger partial charge on any atom is 0.229 e. The largest absolute Gasteiger partial charge is 0.468 e. The minimum Gasteiger partial charge on any atom is -0.468 e. The van der Waals surface area contributed by atoms with Gasteiger partial charge in [0.15, 0.2) is 0 Å². The van der Waals surface area contributed by atoms with Crippen molar-refractivity contribution >= 4 is 29.1 Å². The summed E-state index contributed by atoms with van der Waals surface area (Å²) in [6, 6.07) is 3.71. The third-order valence-corrected chi connectivity index (χ3v) is 4.81. The van der Waals surface area contributed by atoms with E-state index in [1.54, 1.807) is 13.2 Å². The van der Waals surface area contributed by atoms with Gasteiger partial charge in [-0.3, -0.25) is 9.69 Å². The molecule has 1 heterocycles. The summed E-state index contributed by atoms with van der Waals surface area (Å²) in [4.78, 5) is 14.1. The van der Waals surface area contributed by atoms with Gasteiger partial charge in [-0.1, -0.05) is 0 Å². The van der Waals surface area contributed by atoms with E-state index in [0.717, 1.165) is 5.76 Å². The van der Waals surface area contributed by atoms with Crippen molar-refractivity contribution in [1.82, 2.24) is 10.2 Å². The van der Waals surface area contributed by atoms with E-state index in [1.165, 1.54) is 0 Å². The zero-order chi connectivity index (χ0) is 14.3. The van der Waals surface area contributed by atoms with Crippen LogP contribution in [0.15, 0.2) is 22.8 Å². The van der Waals surface area contributed by atoms with E-state index >= 15 is 0 Å². The van der Waals surface area contributed by atoms with Crippen molar-refractivity contribution in [3.05, 3.63) is 24.2 Å². The molecule has 0 aliphatic heterocycles. The van der Waals surface area contributed by atoms with Crippen molar-refractivity contribution in [2.75, 3.05) is 20.6 Å². The Morgan fingerprint density at radius 2 is 2.21 bits per heavy atom. The predicted octanol–water partition coefficient (Wildman–Crippen LogP) is 2.58. The van der Waals surface area contributed by atoms with Crippen molar-refractivity contribution in [1.29, 1.82) is 0 Å². The Morgan fingerprint density at radius 1 is 1.58 bits per heavy atom. The monoisotopic (exact) mass is 304 g/mol. The van der Waals surface area contributed by atoms with Crippen LogP contribution < -0.4 is 5.32 Å². The van der Waals surface area contributed by atoms with Gasteiger partial charge in [0.05, 0.1) is 17.7 Å². The number of carbonyl (C=O) groups excluding carboxylic acids is 1. The number of nitrogens with one attached hydrogen (secondary N) is 1. The Labute approximate surface area is 123 Å². The third kappa shape index (κ3) is 2.76. The summed E-state index contributed by atoms with van der Waals surface area (Å²) in [6.45, 7) is 2.23. The first kappa shape index (κ1) is 14.7. The number of furan rings is 1. The van der Waals surface area contributed by atoms with Gasteiger partial charge < -0.3 is 9.73 Å². The van der Waals surface area contributed by atoms with Gasteiger partial charge in [0.25, 0.3) is 0 Å². The molecule has 0 aromatic carbocycles. The van der Waals surface area contributed by atoms with Crippen LogP contribution in [0.3, 0.4) is 0 Å². The number of nitrogens with zero attached hydrogens (tertiary/aromatic N) is 1. The SMILES string of the molecule is CN(C)C(CNC(=O)C1(C)CC1(Cl)Cl)c1ccco1. The average Bonchev–Trinajstić information content (AvgIpc) is 2.71. The molecule has 0 saturated heterocycles. The highest BCUT2D eigenvalue weighted by molar-refractivity contribution is 6.53. The zero-order valence-electron chi connectivity index (χ0n) is 11.2. The number of hydrogen-bond acceptors (Lipinski definition) is 3. The van der Waals surface area contributed by atoms with Gasteiger partial charge in [0, 0.05) is 6.54 Å². The standard InChI is InChI=1S/C13H18Cl2N2O2/c1-12(8-13(12,14)15)11(18)16-7-9(17(2)3)10-5-4-6-19-10/h4-6,9H,7-8H2,1-3H3,(H,16,18). The highest BCUT2D eigenvalue weighted by Crippen LogP contribution is 2.63. The third-order valence-electron chi connectivity index (χ3n) is 3.71. The fraction of sp³-hybridized carbons (Fsp3) is 0.615. The summed E-state index contributed by atoms with van der Waals surface area (Å²) >= 11 is 12.0. The second kappa shape index (κ2) is 5.00.